The number of likely N-dealkylation sites (tertiary alicyclic amines) is 1. The molecule has 6 nitrogen and oxygen atoms in total. The smallest absolute Gasteiger partial charge is 0.274 e. The lowest BCUT2D eigenvalue weighted by molar-refractivity contribution is 0.0786. The summed E-state index contributed by atoms with van der Waals surface area (Å²) in [5.41, 5.74) is 0.403. The van der Waals surface area contributed by atoms with E-state index in [9.17, 15) is 4.79 Å². The summed E-state index contributed by atoms with van der Waals surface area (Å²) >= 11 is 0. The molecule has 1 saturated heterocycles. The lowest BCUT2D eigenvalue weighted by Gasteiger charge is -2.13. The van der Waals surface area contributed by atoms with Crippen molar-refractivity contribution in [2.24, 2.45) is 0 Å². The highest BCUT2D eigenvalue weighted by Gasteiger charge is 2.20. The average Bonchev–Trinajstić information content (AvgIpc) is 3.11. The van der Waals surface area contributed by atoms with Crippen LogP contribution in [-0.2, 0) is 0 Å². The van der Waals surface area contributed by atoms with Gasteiger partial charge in [-0.3, -0.25) is 9.36 Å². The Kier molecular flexibility index (Phi) is 2.76. The molecule has 1 aliphatic heterocycles. The molecule has 0 aromatic carbocycles. The Hall–Kier alpha value is -2.24. The molecule has 1 aliphatic rings. The molecular weight excluding hydrogens is 230 g/mol. The van der Waals surface area contributed by atoms with Gasteiger partial charge >= 0.3 is 0 Å². The number of amides is 1. The van der Waals surface area contributed by atoms with Gasteiger partial charge in [0.25, 0.3) is 5.91 Å². The largest absolute Gasteiger partial charge is 0.337 e. The number of hydrogen-bond acceptors (Lipinski definition) is 4. The van der Waals surface area contributed by atoms with E-state index in [4.69, 9.17) is 0 Å². The third-order valence-corrected chi connectivity index (χ3v) is 3.03. The first kappa shape index (κ1) is 10.9. The molecule has 0 unspecified atom stereocenters. The van der Waals surface area contributed by atoms with E-state index in [2.05, 4.69) is 15.2 Å². The summed E-state index contributed by atoms with van der Waals surface area (Å²) in [6.45, 7) is 1.65. The number of rotatable bonds is 2. The molecule has 1 fully saturated rings. The first-order valence-corrected chi connectivity index (χ1v) is 5.96. The molecule has 6 heteroatoms. The highest BCUT2D eigenvalue weighted by atomic mass is 16.2. The second-order valence-electron chi connectivity index (χ2n) is 4.25. The molecule has 1 amide bonds. The summed E-state index contributed by atoms with van der Waals surface area (Å²) in [5.74, 6) is 0.627. The Bertz CT molecular complexity index is 528. The first-order chi connectivity index (χ1) is 8.84. The van der Waals surface area contributed by atoms with Gasteiger partial charge in [-0.2, -0.15) is 0 Å². The fourth-order valence-corrected chi connectivity index (χ4v) is 2.05. The fourth-order valence-electron chi connectivity index (χ4n) is 2.05. The molecule has 0 saturated carbocycles. The number of hydrogen-bond donors (Lipinski definition) is 0. The van der Waals surface area contributed by atoms with Gasteiger partial charge in [0.2, 0.25) is 0 Å². The Morgan fingerprint density at radius 1 is 1.17 bits per heavy atom. The van der Waals surface area contributed by atoms with Crippen molar-refractivity contribution >= 4 is 5.91 Å². The number of imidazole rings is 1. The average molecular weight is 243 g/mol. The lowest BCUT2D eigenvalue weighted by Crippen LogP contribution is -2.28. The van der Waals surface area contributed by atoms with E-state index in [1.807, 2.05) is 4.90 Å². The van der Waals surface area contributed by atoms with Crippen molar-refractivity contribution in [2.45, 2.75) is 12.8 Å². The van der Waals surface area contributed by atoms with Gasteiger partial charge in [0.15, 0.2) is 11.5 Å². The molecule has 0 spiro atoms. The van der Waals surface area contributed by atoms with Crippen LogP contribution in [0.3, 0.4) is 0 Å². The summed E-state index contributed by atoms with van der Waals surface area (Å²) in [7, 11) is 0. The maximum atomic E-state index is 12.0. The van der Waals surface area contributed by atoms with E-state index in [0.717, 1.165) is 25.9 Å². The van der Waals surface area contributed by atoms with Crippen LogP contribution in [0.2, 0.25) is 0 Å². The van der Waals surface area contributed by atoms with Crippen molar-refractivity contribution in [3.63, 3.8) is 0 Å². The van der Waals surface area contributed by atoms with Crippen molar-refractivity contribution in [3.8, 4) is 5.82 Å². The van der Waals surface area contributed by atoms with Crippen molar-refractivity contribution < 1.29 is 4.79 Å². The monoisotopic (exact) mass is 243 g/mol. The van der Waals surface area contributed by atoms with Gasteiger partial charge in [-0.1, -0.05) is 0 Å². The quantitative estimate of drug-likeness (QED) is 0.786. The minimum absolute atomic E-state index is 0.0304. The van der Waals surface area contributed by atoms with Crippen molar-refractivity contribution in [1.29, 1.82) is 0 Å². The molecule has 92 valence electrons. The lowest BCUT2D eigenvalue weighted by atomic mass is 10.3. The van der Waals surface area contributed by atoms with E-state index in [0.29, 0.717) is 11.5 Å². The minimum Gasteiger partial charge on any atom is -0.337 e. The Labute approximate surface area is 104 Å². The standard InChI is InChI=1S/C12H13N5O/c18-12(16-6-1-2-7-16)10-3-4-11(15-14-10)17-8-5-13-9-17/h3-5,8-9H,1-2,6-7H2. The molecule has 0 atom stereocenters. The molecule has 0 N–H and O–H groups in total. The second-order valence-corrected chi connectivity index (χ2v) is 4.25. The first-order valence-electron chi connectivity index (χ1n) is 5.96. The molecule has 0 aliphatic carbocycles. The summed E-state index contributed by atoms with van der Waals surface area (Å²) in [6.07, 6.45) is 7.25. The predicted octanol–water partition coefficient (Wildman–Crippen LogP) is 0.898. The van der Waals surface area contributed by atoms with Crippen molar-refractivity contribution in [2.75, 3.05) is 13.1 Å². The number of carbonyl (C=O) groups excluding carboxylic acids is 1. The van der Waals surface area contributed by atoms with Crippen LogP contribution >= 0.6 is 0 Å². The van der Waals surface area contributed by atoms with Crippen LogP contribution in [0.1, 0.15) is 23.3 Å². The normalized spacial score (nSPS) is 15.0. The van der Waals surface area contributed by atoms with E-state index in [-0.39, 0.29) is 5.91 Å². The maximum Gasteiger partial charge on any atom is 0.274 e. The number of carbonyl (C=O) groups is 1. The van der Waals surface area contributed by atoms with Crippen LogP contribution in [0.4, 0.5) is 0 Å². The Morgan fingerprint density at radius 2 is 2.00 bits per heavy atom. The van der Waals surface area contributed by atoms with Gasteiger partial charge in [-0.15, -0.1) is 10.2 Å². The zero-order chi connectivity index (χ0) is 12.4. The maximum absolute atomic E-state index is 12.0. The molecule has 2 aromatic rings. The third kappa shape index (κ3) is 1.97. The van der Waals surface area contributed by atoms with Gasteiger partial charge in [-0.05, 0) is 25.0 Å². The zero-order valence-electron chi connectivity index (χ0n) is 9.86. The minimum atomic E-state index is -0.0304. The molecule has 0 radical (unpaired) electrons. The summed E-state index contributed by atoms with van der Waals surface area (Å²) in [5, 5.41) is 8.03. The second kappa shape index (κ2) is 4.56. The zero-order valence-corrected chi connectivity index (χ0v) is 9.86. The van der Waals surface area contributed by atoms with Crippen LogP contribution in [-0.4, -0.2) is 43.6 Å². The summed E-state index contributed by atoms with van der Waals surface area (Å²) in [6, 6.07) is 3.49. The van der Waals surface area contributed by atoms with Crippen LogP contribution in [0.25, 0.3) is 5.82 Å². The molecular formula is C12H13N5O. The van der Waals surface area contributed by atoms with Gasteiger partial charge in [0.1, 0.15) is 6.33 Å². The van der Waals surface area contributed by atoms with Crippen LogP contribution in [0.15, 0.2) is 30.9 Å². The van der Waals surface area contributed by atoms with Gasteiger partial charge < -0.3 is 4.90 Å². The SMILES string of the molecule is O=C(c1ccc(-n2ccnc2)nn1)N1CCCC1. The molecule has 3 rings (SSSR count). The third-order valence-electron chi connectivity index (χ3n) is 3.03. The van der Waals surface area contributed by atoms with Crippen LogP contribution in [0, 0.1) is 0 Å². The van der Waals surface area contributed by atoms with E-state index < -0.39 is 0 Å². The van der Waals surface area contributed by atoms with Crippen LogP contribution in [0.5, 0.6) is 0 Å². The summed E-state index contributed by atoms with van der Waals surface area (Å²) < 4.78 is 1.75. The van der Waals surface area contributed by atoms with E-state index in [1.165, 1.54) is 0 Å². The topological polar surface area (TPSA) is 63.9 Å². The molecule has 0 bridgehead atoms. The van der Waals surface area contributed by atoms with Gasteiger partial charge in [0.05, 0.1) is 0 Å². The highest BCUT2D eigenvalue weighted by molar-refractivity contribution is 5.92. The number of aromatic nitrogens is 4. The van der Waals surface area contributed by atoms with Crippen molar-refractivity contribution in [1.82, 2.24) is 24.6 Å². The summed E-state index contributed by atoms with van der Waals surface area (Å²) in [4.78, 5) is 17.8. The fraction of sp³-hybridized carbons (Fsp3) is 0.333. The number of nitrogens with zero attached hydrogens (tertiary/aromatic N) is 5. The Balaban J connectivity index is 1.80. The van der Waals surface area contributed by atoms with E-state index >= 15 is 0 Å². The van der Waals surface area contributed by atoms with Crippen molar-refractivity contribution in [3.05, 3.63) is 36.5 Å². The Morgan fingerprint density at radius 3 is 2.61 bits per heavy atom. The molecule has 18 heavy (non-hydrogen) atoms. The highest BCUT2D eigenvalue weighted by Crippen LogP contribution is 2.11. The van der Waals surface area contributed by atoms with Crippen LogP contribution < -0.4 is 0 Å². The predicted molar refractivity (Wildman–Crippen MR) is 64.3 cm³/mol. The van der Waals surface area contributed by atoms with Gasteiger partial charge in [-0.25, -0.2) is 4.98 Å². The van der Waals surface area contributed by atoms with Gasteiger partial charge in [0, 0.05) is 25.5 Å². The molecule has 3 heterocycles. The molecule has 2 aromatic heterocycles. The van der Waals surface area contributed by atoms with E-state index in [1.54, 1.807) is 35.4 Å².